The van der Waals surface area contributed by atoms with E-state index >= 15 is 0 Å². The molecule has 2 heterocycles. The summed E-state index contributed by atoms with van der Waals surface area (Å²) in [5.41, 5.74) is 1.16. The molecular formula is C17H14O7. The van der Waals surface area contributed by atoms with E-state index in [1.807, 2.05) is 0 Å². The lowest BCUT2D eigenvalue weighted by Crippen LogP contribution is -2.41. The van der Waals surface area contributed by atoms with Crippen molar-refractivity contribution in [1.29, 1.82) is 0 Å². The number of Topliss-reactive ketones (excluding diaryl/α,β-unsaturated/α-hetero) is 1. The van der Waals surface area contributed by atoms with Crippen molar-refractivity contribution in [2.75, 3.05) is 7.11 Å². The largest absolute Gasteiger partial charge is 0.508 e. The zero-order chi connectivity index (χ0) is 17.0. The lowest BCUT2D eigenvalue weighted by Gasteiger charge is -2.37. The van der Waals surface area contributed by atoms with Crippen LogP contribution >= 0.6 is 0 Å². The van der Waals surface area contributed by atoms with Gasteiger partial charge < -0.3 is 29.5 Å². The van der Waals surface area contributed by atoms with E-state index in [9.17, 15) is 20.1 Å². The van der Waals surface area contributed by atoms with Crippen LogP contribution in [0.3, 0.4) is 0 Å². The van der Waals surface area contributed by atoms with Crippen molar-refractivity contribution in [2.24, 2.45) is 0 Å². The Bertz CT molecular complexity index is 859. The van der Waals surface area contributed by atoms with Crippen LogP contribution in [0.4, 0.5) is 0 Å². The van der Waals surface area contributed by atoms with Crippen molar-refractivity contribution in [2.45, 2.75) is 18.8 Å². The highest BCUT2D eigenvalue weighted by Crippen LogP contribution is 2.49. The van der Waals surface area contributed by atoms with Gasteiger partial charge >= 0.3 is 0 Å². The maximum Gasteiger partial charge on any atom is 0.203 e. The summed E-state index contributed by atoms with van der Waals surface area (Å²) in [4.78, 5) is 12.7. The summed E-state index contributed by atoms with van der Waals surface area (Å²) in [5.74, 6) is -0.574. The SMILES string of the molecule is COc1c(O)ccc2c1OC1c3cc(O)cc(O)c3COC1C2=O. The summed E-state index contributed by atoms with van der Waals surface area (Å²) in [7, 11) is 1.36. The number of hydrogen-bond acceptors (Lipinski definition) is 7. The number of hydrogen-bond donors (Lipinski definition) is 3. The molecule has 2 aliphatic heterocycles. The summed E-state index contributed by atoms with van der Waals surface area (Å²) < 4.78 is 16.6. The standard InChI is InChI=1S/C17H14O7/c1-22-16-11(19)3-2-8-13(21)17-15(24-14(8)16)9-4-7(18)5-12(20)10(9)6-23-17/h2-5,15,17-20H,6H2,1H3. The summed E-state index contributed by atoms with van der Waals surface area (Å²) in [5, 5.41) is 29.7. The zero-order valence-corrected chi connectivity index (χ0v) is 12.6. The molecule has 2 aliphatic rings. The molecule has 0 fully saturated rings. The van der Waals surface area contributed by atoms with Crippen LogP contribution in [-0.4, -0.2) is 34.3 Å². The van der Waals surface area contributed by atoms with Crippen LogP contribution in [0.15, 0.2) is 24.3 Å². The number of methoxy groups -OCH3 is 1. The predicted octanol–water partition coefficient (Wildman–Crippen LogP) is 2.03. The molecule has 2 aromatic rings. The van der Waals surface area contributed by atoms with E-state index < -0.39 is 12.2 Å². The Balaban J connectivity index is 1.90. The summed E-state index contributed by atoms with van der Waals surface area (Å²) >= 11 is 0. The lowest BCUT2D eigenvalue weighted by atomic mass is 9.88. The van der Waals surface area contributed by atoms with Crippen LogP contribution in [0, 0.1) is 0 Å². The summed E-state index contributed by atoms with van der Waals surface area (Å²) in [6.07, 6.45) is -1.76. The first-order valence-electron chi connectivity index (χ1n) is 7.28. The van der Waals surface area contributed by atoms with Crippen LogP contribution in [0.5, 0.6) is 28.7 Å². The normalized spacial score (nSPS) is 21.3. The summed E-state index contributed by atoms with van der Waals surface area (Å²) in [6, 6.07) is 5.44. The molecule has 0 amide bonds. The number of phenolic OH excluding ortho intramolecular Hbond substituents is 3. The molecule has 124 valence electrons. The average molecular weight is 330 g/mol. The highest BCUT2D eigenvalue weighted by molar-refractivity contribution is 6.04. The maximum atomic E-state index is 12.7. The lowest BCUT2D eigenvalue weighted by molar-refractivity contribution is -0.0438. The number of carbonyl (C=O) groups is 1. The number of fused-ring (bicyclic) bond motifs is 4. The van der Waals surface area contributed by atoms with Gasteiger partial charge in [-0.1, -0.05) is 0 Å². The van der Waals surface area contributed by atoms with Gasteiger partial charge in [0.15, 0.2) is 29.5 Å². The van der Waals surface area contributed by atoms with Gasteiger partial charge in [-0.25, -0.2) is 0 Å². The molecular weight excluding hydrogens is 316 g/mol. The molecule has 7 nitrogen and oxygen atoms in total. The number of benzene rings is 2. The Morgan fingerprint density at radius 3 is 2.67 bits per heavy atom. The van der Waals surface area contributed by atoms with Gasteiger partial charge in [-0.15, -0.1) is 0 Å². The molecule has 0 spiro atoms. The van der Waals surface area contributed by atoms with Gasteiger partial charge in [0, 0.05) is 17.2 Å². The third-order valence-electron chi connectivity index (χ3n) is 4.30. The van der Waals surface area contributed by atoms with Crippen LogP contribution in [-0.2, 0) is 11.3 Å². The van der Waals surface area contributed by atoms with Crippen molar-refractivity contribution in [3.8, 4) is 28.7 Å². The van der Waals surface area contributed by atoms with Crippen molar-refractivity contribution in [1.82, 2.24) is 0 Å². The fraction of sp³-hybridized carbons (Fsp3) is 0.235. The molecule has 0 bridgehead atoms. The Morgan fingerprint density at radius 1 is 1.12 bits per heavy atom. The van der Waals surface area contributed by atoms with E-state index in [4.69, 9.17) is 14.2 Å². The van der Waals surface area contributed by atoms with Crippen molar-refractivity contribution in [3.05, 3.63) is 41.0 Å². The minimum atomic E-state index is -0.902. The van der Waals surface area contributed by atoms with E-state index in [0.717, 1.165) is 0 Å². The van der Waals surface area contributed by atoms with Crippen molar-refractivity contribution in [3.63, 3.8) is 0 Å². The average Bonchev–Trinajstić information content (AvgIpc) is 2.55. The smallest absolute Gasteiger partial charge is 0.203 e. The fourth-order valence-electron chi connectivity index (χ4n) is 3.18. The number of rotatable bonds is 1. The number of carbonyl (C=O) groups excluding carboxylic acids is 1. The first-order valence-corrected chi connectivity index (χ1v) is 7.28. The van der Waals surface area contributed by atoms with Crippen molar-refractivity contribution < 1.29 is 34.3 Å². The van der Waals surface area contributed by atoms with Gasteiger partial charge in [0.2, 0.25) is 5.75 Å². The number of ketones is 1. The molecule has 0 radical (unpaired) electrons. The van der Waals surface area contributed by atoms with Crippen molar-refractivity contribution >= 4 is 5.78 Å². The van der Waals surface area contributed by atoms with Gasteiger partial charge in [0.25, 0.3) is 0 Å². The van der Waals surface area contributed by atoms with Gasteiger partial charge in [-0.3, -0.25) is 4.79 Å². The van der Waals surface area contributed by atoms with Crippen LogP contribution < -0.4 is 9.47 Å². The van der Waals surface area contributed by atoms with E-state index in [1.165, 1.54) is 31.4 Å². The molecule has 4 rings (SSSR count). The molecule has 2 unspecified atom stereocenters. The molecule has 7 heteroatoms. The zero-order valence-electron chi connectivity index (χ0n) is 12.6. The first kappa shape index (κ1) is 14.6. The molecule has 3 N–H and O–H groups in total. The Kier molecular flexibility index (Phi) is 3.07. The highest BCUT2D eigenvalue weighted by Gasteiger charge is 2.45. The third-order valence-corrected chi connectivity index (χ3v) is 4.30. The van der Waals surface area contributed by atoms with Gasteiger partial charge in [0.05, 0.1) is 19.3 Å². The Hall–Kier alpha value is -2.93. The Labute approximate surface area is 136 Å². The van der Waals surface area contributed by atoms with Gasteiger partial charge in [-0.2, -0.15) is 0 Å². The molecule has 0 saturated heterocycles. The van der Waals surface area contributed by atoms with E-state index in [1.54, 1.807) is 0 Å². The minimum Gasteiger partial charge on any atom is -0.508 e. The molecule has 2 aromatic carbocycles. The summed E-state index contributed by atoms with van der Waals surface area (Å²) in [6.45, 7) is 0.0300. The molecule has 0 saturated carbocycles. The number of phenols is 3. The van der Waals surface area contributed by atoms with Crippen LogP contribution in [0.25, 0.3) is 0 Å². The maximum absolute atomic E-state index is 12.7. The Morgan fingerprint density at radius 2 is 1.92 bits per heavy atom. The van der Waals surface area contributed by atoms with Gasteiger partial charge in [-0.05, 0) is 18.2 Å². The van der Waals surface area contributed by atoms with E-state index in [-0.39, 0.29) is 46.7 Å². The molecule has 24 heavy (non-hydrogen) atoms. The number of ether oxygens (including phenoxy) is 3. The topological polar surface area (TPSA) is 105 Å². The minimum absolute atomic E-state index is 0.0300. The molecule has 2 atom stereocenters. The number of aromatic hydroxyl groups is 3. The fourth-order valence-corrected chi connectivity index (χ4v) is 3.18. The first-order chi connectivity index (χ1) is 11.5. The molecule has 0 aliphatic carbocycles. The highest BCUT2D eigenvalue weighted by atomic mass is 16.6. The third kappa shape index (κ3) is 1.91. The quantitative estimate of drug-likeness (QED) is 0.734. The second kappa shape index (κ2) is 5.04. The monoisotopic (exact) mass is 330 g/mol. The van der Waals surface area contributed by atoms with Gasteiger partial charge in [0.1, 0.15) is 11.5 Å². The van der Waals surface area contributed by atoms with E-state index in [2.05, 4.69) is 0 Å². The predicted molar refractivity (Wildman–Crippen MR) is 80.7 cm³/mol. The molecule has 0 aromatic heterocycles. The second-order valence-corrected chi connectivity index (χ2v) is 5.66. The second-order valence-electron chi connectivity index (χ2n) is 5.66. The van der Waals surface area contributed by atoms with E-state index in [0.29, 0.717) is 11.1 Å². The van der Waals surface area contributed by atoms with Crippen LogP contribution in [0.1, 0.15) is 27.6 Å². The van der Waals surface area contributed by atoms with Crippen LogP contribution in [0.2, 0.25) is 0 Å².